The molecular formula is C16H25F3O3S. The zero-order chi connectivity index (χ0) is 16.9. The second kappa shape index (κ2) is 5.90. The van der Waals surface area contributed by atoms with Crippen LogP contribution in [0.1, 0.15) is 64.2 Å². The lowest BCUT2D eigenvalue weighted by Gasteiger charge is -2.57. The maximum Gasteiger partial charge on any atom is 0.400 e. The Morgan fingerprint density at radius 3 is 1.96 bits per heavy atom. The molecule has 0 aromatic rings. The molecule has 0 radical (unpaired) electrons. The first-order valence-electron chi connectivity index (χ1n) is 8.60. The standard InChI is InChI=1S/C16H25F3O3S/c17-14(16(18,19)23(20,21)22)3-1-2-4-15-8-11-5-12(9-15)7-13(6-11)10-15/h11-14H,1-10H2,(H,20,21,22). The Balaban J connectivity index is 1.47. The van der Waals surface area contributed by atoms with Crippen molar-refractivity contribution >= 4 is 10.1 Å². The largest absolute Gasteiger partial charge is 0.400 e. The molecule has 0 aliphatic heterocycles. The smallest absolute Gasteiger partial charge is 0.281 e. The molecule has 4 fully saturated rings. The highest BCUT2D eigenvalue weighted by molar-refractivity contribution is 7.86. The van der Waals surface area contributed by atoms with E-state index in [4.69, 9.17) is 4.55 Å². The van der Waals surface area contributed by atoms with Crippen LogP contribution in [0.15, 0.2) is 0 Å². The number of alkyl halides is 3. The average Bonchev–Trinajstić information content (AvgIpc) is 2.40. The van der Waals surface area contributed by atoms with Gasteiger partial charge in [-0.3, -0.25) is 4.55 Å². The van der Waals surface area contributed by atoms with E-state index in [-0.39, 0.29) is 6.42 Å². The molecule has 0 saturated heterocycles. The quantitative estimate of drug-likeness (QED) is 0.538. The van der Waals surface area contributed by atoms with Crippen molar-refractivity contribution < 1.29 is 26.1 Å². The summed E-state index contributed by atoms with van der Waals surface area (Å²) in [7, 11) is -5.68. The molecular weight excluding hydrogens is 329 g/mol. The van der Waals surface area contributed by atoms with E-state index < -0.39 is 28.0 Å². The number of hydrogen-bond acceptors (Lipinski definition) is 2. The molecule has 23 heavy (non-hydrogen) atoms. The maximum atomic E-state index is 13.5. The predicted octanol–water partition coefficient (Wildman–Crippen LogP) is 4.58. The van der Waals surface area contributed by atoms with E-state index >= 15 is 0 Å². The molecule has 1 N–H and O–H groups in total. The van der Waals surface area contributed by atoms with Crippen LogP contribution in [0, 0.1) is 23.2 Å². The van der Waals surface area contributed by atoms with Gasteiger partial charge in [0.25, 0.3) is 0 Å². The van der Waals surface area contributed by atoms with Gasteiger partial charge in [-0.25, -0.2) is 4.39 Å². The molecule has 0 amide bonds. The summed E-state index contributed by atoms with van der Waals surface area (Å²) in [5, 5.41) is -4.70. The Morgan fingerprint density at radius 1 is 1.04 bits per heavy atom. The van der Waals surface area contributed by atoms with Crippen LogP contribution in [0.25, 0.3) is 0 Å². The summed E-state index contributed by atoms with van der Waals surface area (Å²) in [6.45, 7) is 0. The highest BCUT2D eigenvalue weighted by Crippen LogP contribution is 2.61. The lowest BCUT2D eigenvalue weighted by molar-refractivity contribution is -0.0591. The maximum absolute atomic E-state index is 13.5. The minimum Gasteiger partial charge on any atom is -0.281 e. The number of rotatable bonds is 7. The molecule has 1 atom stereocenters. The molecule has 1 unspecified atom stereocenters. The van der Waals surface area contributed by atoms with Gasteiger partial charge in [-0.1, -0.05) is 12.8 Å². The Labute approximate surface area is 135 Å². The zero-order valence-electron chi connectivity index (χ0n) is 13.2. The molecule has 7 heteroatoms. The van der Waals surface area contributed by atoms with Gasteiger partial charge in [0, 0.05) is 0 Å². The van der Waals surface area contributed by atoms with E-state index in [0.29, 0.717) is 11.8 Å². The van der Waals surface area contributed by atoms with Crippen molar-refractivity contribution in [2.75, 3.05) is 0 Å². The van der Waals surface area contributed by atoms with Crippen molar-refractivity contribution in [2.45, 2.75) is 75.6 Å². The van der Waals surface area contributed by atoms with Gasteiger partial charge < -0.3 is 0 Å². The van der Waals surface area contributed by atoms with Crippen LogP contribution in [-0.2, 0) is 10.1 Å². The van der Waals surface area contributed by atoms with Gasteiger partial charge in [0.2, 0.25) is 0 Å². The highest BCUT2D eigenvalue weighted by atomic mass is 32.2. The summed E-state index contributed by atoms with van der Waals surface area (Å²) < 4.78 is 69.2. The molecule has 0 aromatic carbocycles. The van der Waals surface area contributed by atoms with Crippen LogP contribution >= 0.6 is 0 Å². The third-order valence-electron chi connectivity index (χ3n) is 6.29. The second-order valence-corrected chi connectivity index (χ2v) is 9.66. The van der Waals surface area contributed by atoms with E-state index in [9.17, 15) is 21.6 Å². The van der Waals surface area contributed by atoms with Gasteiger partial charge in [-0.2, -0.15) is 17.2 Å². The molecule has 4 saturated carbocycles. The van der Waals surface area contributed by atoms with Gasteiger partial charge in [0.1, 0.15) is 0 Å². The van der Waals surface area contributed by atoms with Gasteiger partial charge in [0.05, 0.1) is 0 Å². The van der Waals surface area contributed by atoms with Crippen LogP contribution < -0.4 is 0 Å². The number of hydrogen-bond donors (Lipinski definition) is 1. The normalized spacial score (nSPS) is 38.0. The van der Waals surface area contributed by atoms with Gasteiger partial charge in [-0.15, -0.1) is 0 Å². The molecule has 4 bridgehead atoms. The van der Waals surface area contributed by atoms with Crippen molar-refractivity contribution in [1.82, 2.24) is 0 Å². The molecule has 3 nitrogen and oxygen atoms in total. The molecule has 4 aliphatic carbocycles. The van der Waals surface area contributed by atoms with Crippen LogP contribution in [-0.4, -0.2) is 24.4 Å². The van der Waals surface area contributed by atoms with Crippen LogP contribution in [0.3, 0.4) is 0 Å². The Bertz CT molecular complexity index is 511. The third kappa shape index (κ3) is 3.41. The van der Waals surface area contributed by atoms with Crippen molar-refractivity contribution in [2.24, 2.45) is 23.2 Å². The van der Waals surface area contributed by atoms with Gasteiger partial charge in [0.15, 0.2) is 6.17 Å². The summed E-state index contributed by atoms with van der Waals surface area (Å²) >= 11 is 0. The van der Waals surface area contributed by atoms with E-state index in [1.165, 1.54) is 38.5 Å². The van der Waals surface area contributed by atoms with Crippen molar-refractivity contribution in [1.29, 1.82) is 0 Å². The summed E-state index contributed by atoms with van der Waals surface area (Å²) in [6.07, 6.45) is 6.12. The summed E-state index contributed by atoms with van der Waals surface area (Å²) in [6, 6.07) is 0. The second-order valence-electron chi connectivity index (χ2n) is 8.17. The Kier molecular flexibility index (Phi) is 4.49. The first-order valence-corrected chi connectivity index (χ1v) is 10.0. The fourth-order valence-corrected chi connectivity index (χ4v) is 6.19. The molecule has 4 rings (SSSR count). The van der Waals surface area contributed by atoms with E-state index in [1.807, 2.05) is 0 Å². The van der Waals surface area contributed by atoms with Gasteiger partial charge in [-0.05, 0) is 74.5 Å². The number of unbranched alkanes of at least 4 members (excludes halogenated alkanes) is 1. The van der Waals surface area contributed by atoms with Crippen LogP contribution in [0.2, 0.25) is 0 Å². The number of halogens is 3. The lowest BCUT2D eigenvalue weighted by Crippen LogP contribution is -2.45. The summed E-state index contributed by atoms with van der Waals surface area (Å²) in [5.74, 6) is 2.46. The highest BCUT2D eigenvalue weighted by Gasteiger charge is 2.53. The minimum atomic E-state index is -5.68. The fraction of sp³-hybridized carbons (Fsp3) is 1.00. The van der Waals surface area contributed by atoms with Crippen LogP contribution in [0.4, 0.5) is 13.2 Å². The van der Waals surface area contributed by atoms with E-state index in [1.54, 1.807) is 0 Å². The average molecular weight is 354 g/mol. The third-order valence-corrected chi connectivity index (χ3v) is 7.23. The molecule has 134 valence electrons. The van der Waals surface area contributed by atoms with E-state index in [2.05, 4.69) is 0 Å². The van der Waals surface area contributed by atoms with Crippen molar-refractivity contribution in [3.05, 3.63) is 0 Å². The Morgan fingerprint density at radius 2 is 1.52 bits per heavy atom. The van der Waals surface area contributed by atoms with Gasteiger partial charge >= 0.3 is 15.4 Å². The lowest BCUT2D eigenvalue weighted by atomic mass is 9.48. The first kappa shape index (κ1) is 17.5. The first-order chi connectivity index (χ1) is 10.6. The zero-order valence-corrected chi connectivity index (χ0v) is 14.0. The topological polar surface area (TPSA) is 54.4 Å². The molecule has 0 spiro atoms. The van der Waals surface area contributed by atoms with Crippen LogP contribution in [0.5, 0.6) is 0 Å². The fourth-order valence-electron chi connectivity index (χ4n) is 5.75. The molecule has 4 aliphatic rings. The summed E-state index contributed by atoms with van der Waals surface area (Å²) in [4.78, 5) is 0. The predicted molar refractivity (Wildman–Crippen MR) is 80.5 cm³/mol. The Hall–Kier alpha value is -0.300. The van der Waals surface area contributed by atoms with Crippen molar-refractivity contribution in [3.8, 4) is 0 Å². The SMILES string of the molecule is O=S(=O)(O)C(F)(F)C(F)CCCCC12CC3CC(CC(C3)C1)C2. The van der Waals surface area contributed by atoms with E-state index in [0.717, 1.165) is 24.2 Å². The van der Waals surface area contributed by atoms with Crippen molar-refractivity contribution in [3.63, 3.8) is 0 Å². The molecule has 0 aromatic heterocycles. The molecule has 0 heterocycles. The summed E-state index contributed by atoms with van der Waals surface area (Å²) in [5.41, 5.74) is 0.326. The minimum absolute atomic E-state index is 0.230. The monoisotopic (exact) mass is 354 g/mol.